The molecule has 1 aromatic heterocycles. The summed E-state index contributed by atoms with van der Waals surface area (Å²) in [6.45, 7) is 1.65. The highest BCUT2D eigenvalue weighted by atomic mass is 16.6. The number of nitrogens with one attached hydrogen (secondary N) is 1. The Hall–Kier alpha value is -3.98. The standard InChI is InChI=1S/C30H30N2O6/c1-20-18-32(29(35)31-28(20)34)27-17-25(33)26(38-27)19-37-30(21-10-5-3-6-11-21,22-12-7-4-8-13-22)23-14-9-15-24(16-23)36-2/h3-16,18,25-27,33H,17,19H2,1-2H3,(H,31,34,35)/t25-,26+,27+/m0/s1. The zero-order chi connectivity index (χ0) is 26.7. The van der Waals surface area contributed by atoms with Gasteiger partial charge in [0.25, 0.3) is 5.56 Å². The maximum Gasteiger partial charge on any atom is 0.330 e. The summed E-state index contributed by atoms with van der Waals surface area (Å²) in [5, 5.41) is 10.9. The Kier molecular flexibility index (Phi) is 7.28. The molecular formula is C30H30N2O6. The van der Waals surface area contributed by atoms with Crippen molar-refractivity contribution in [2.75, 3.05) is 13.7 Å². The van der Waals surface area contributed by atoms with Gasteiger partial charge in [0.05, 0.1) is 19.8 Å². The molecule has 3 atom stereocenters. The van der Waals surface area contributed by atoms with Gasteiger partial charge in [-0.15, -0.1) is 0 Å². The van der Waals surface area contributed by atoms with Crippen LogP contribution in [-0.4, -0.2) is 40.6 Å². The minimum atomic E-state index is -1.04. The second-order valence-electron chi connectivity index (χ2n) is 9.37. The number of H-pyrrole nitrogens is 1. The van der Waals surface area contributed by atoms with Crippen LogP contribution < -0.4 is 16.0 Å². The summed E-state index contributed by atoms with van der Waals surface area (Å²) in [6.07, 6.45) is -0.690. The van der Waals surface area contributed by atoms with E-state index in [0.717, 1.165) is 16.7 Å². The number of ether oxygens (including phenoxy) is 3. The van der Waals surface area contributed by atoms with Crippen molar-refractivity contribution >= 4 is 0 Å². The number of rotatable bonds is 8. The monoisotopic (exact) mass is 514 g/mol. The molecule has 1 fully saturated rings. The van der Waals surface area contributed by atoms with Crippen molar-refractivity contribution in [1.82, 2.24) is 9.55 Å². The van der Waals surface area contributed by atoms with E-state index >= 15 is 0 Å². The first-order chi connectivity index (χ1) is 18.4. The fourth-order valence-corrected chi connectivity index (χ4v) is 4.98. The van der Waals surface area contributed by atoms with Crippen molar-refractivity contribution in [2.45, 2.75) is 37.4 Å². The van der Waals surface area contributed by atoms with Crippen LogP contribution >= 0.6 is 0 Å². The van der Waals surface area contributed by atoms with Crippen LogP contribution in [0.2, 0.25) is 0 Å². The zero-order valence-electron chi connectivity index (χ0n) is 21.2. The van der Waals surface area contributed by atoms with Gasteiger partial charge in [-0.05, 0) is 35.7 Å². The number of aryl methyl sites for hydroxylation is 1. The summed E-state index contributed by atoms with van der Waals surface area (Å²) < 4.78 is 19.8. The molecule has 0 unspecified atom stereocenters. The van der Waals surface area contributed by atoms with Gasteiger partial charge in [-0.25, -0.2) is 4.79 Å². The first kappa shape index (κ1) is 25.7. The lowest BCUT2D eigenvalue weighted by molar-refractivity contribution is -0.0944. The van der Waals surface area contributed by atoms with Crippen molar-refractivity contribution in [3.05, 3.63) is 134 Å². The number of methoxy groups -OCH3 is 1. The van der Waals surface area contributed by atoms with Gasteiger partial charge in [0, 0.05) is 18.2 Å². The molecule has 196 valence electrons. The molecule has 8 nitrogen and oxygen atoms in total. The zero-order valence-corrected chi connectivity index (χ0v) is 21.2. The van der Waals surface area contributed by atoms with Gasteiger partial charge in [-0.2, -0.15) is 0 Å². The summed E-state index contributed by atoms with van der Waals surface area (Å²) in [6, 6.07) is 27.5. The smallest absolute Gasteiger partial charge is 0.330 e. The van der Waals surface area contributed by atoms with Crippen molar-refractivity contribution in [3.63, 3.8) is 0 Å². The average molecular weight is 515 g/mol. The summed E-state index contributed by atoms with van der Waals surface area (Å²) in [5.41, 5.74) is 0.964. The van der Waals surface area contributed by atoms with Crippen molar-refractivity contribution in [1.29, 1.82) is 0 Å². The molecular weight excluding hydrogens is 484 g/mol. The van der Waals surface area contributed by atoms with Gasteiger partial charge in [0.15, 0.2) is 0 Å². The number of benzene rings is 3. The second-order valence-corrected chi connectivity index (χ2v) is 9.37. The fraction of sp³-hybridized carbons (Fsp3) is 0.267. The van der Waals surface area contributed by atoms with Crippen LogP contribution in [0, 0.1) is 6.92 Å². The van der Waals surface area contributed by atoms with Gasteiger partial charge >= 0.3 is 5.69 Å². The average Bonchev–Trinajstić information content (AvgIpc) is 3.32. The van der Waals surface area contributed by atoms with Gasteiger partial charge in [0.1, 0.15) is 23.7 Å². The largest absolute Gasteiger partial charge is 0.497 e. The highest BCUT2D eigenvalue weighted by Crippen LogP contribution is 2.42. The predicted molar refractivity (Wildman–Crippen MR) is 142 cm³/mol. The molecule has 4 aromatic rings. The highest BCUT2D eigenvalue weighted by Gasteiger charge is 2.42. The van der Waals surface area contributed by atoms with Crippen molar-refractivity contribution in [3.8, 4) is 5.75 Å². The molecule has 38 heavy (non-hydrogen) atoms. The number of aliphatic hydroxyl groups is 1. The number of nitrogens with zero attached hydrogens (tertiary/aromatic N) is 1. The van der Waals surface area contributed by atoms with E-state index in [9.17, 15) is 14.7 Å². The van der Waals surface area contributed by atoms with E-state index in [4.69, 9.17) is 14.2 Å². The Labute approximate surface area is 220 Å². The Bertz CT molecular complexity index is 1460. The third-order valence-electron chi connectivity index (χ3n) is 6.96. The predicted octanol–water partition coefficient (Wildman–Crippen LogP) is 3.51. The topological polar surface area (TPSA) is 103 Å². The highest BCUT2D eigenvalue weighted by molar-refractivity contribution is 5.49. The number of aromatic nitrogens is 2. The van der Waals surface area contributed by atoms with Gasteiger partial charge in [-0.3, -0.25) is 14.3 Å². The van der Waals surface area contributed by atoms with E-state index in [1.165, 1.54) is 10.8 Å². The maximum absolute atomic E-state index is 12.4. The quantitative estimate of drug-likeness (QED) is 0.349. The molecule has 1 saturated heterocycles. The van der Waals surface area contributed by atoms with Crippen molar-refractivity contribution < 1.29 is 19.3 Å². The molecule has 0 aliphatic carbocycles. The van der Waals surface area contributed by atoms with E-state index < -0.39 is 35.3 Å². The van der Waals surface area contributed by atoms with Gasteiger partial charge in [0.2, 0.25) is 0 Å². The molecule has 5 rings (SSSR count). The maximum atomic E-state index is 12.4. The molecule has 0 bridgehead atoms. The molecule has 2 heterocycles. The van der Waals surface area contributed by atoms with Crippen LogP contribution in [0.3, 0.4) is 0 Å². The fourth-order valence-electron chi connectivity index (χ4n) is 4.98. The lowest BCUT2D eigenvalue weighted by atomic mass is 9.80. The lowest BCUT2D eigenvalue weighted by Crippen LogP contribution is -2.38. The minimum Gasteiger partial charge on any atom is -0.497 e. The molecule has 1 aliphatic heterocycles. The van der Waals surface area contributed by atoms with Crippen LogP contribution in [0.25, 0.3) is 0 Å². The third-order valence-corrected chi connectivity index (χ3v) is 6.96. The first-order valence-electron chi connectivity index (χ1n) is 12.5. The van der Waals surface area contributed by atoms with E-state index in [1.54, 1.807) is 14.0 Å². The molecule has 8 heteroatoms. The third kappa shape index (κ3) is 4.81. The lowest BCUT2D eigenvalue weighted by Gasteiger charge is -2.37. The Balaban J connectivity index is 1.53. The van der Waals surface area contributed by atoms with Crippen LogP contribution in [0.4, 0.5) is 0 Å². The molecule has 2 N–H and O–H groups in total. The number of hydrogen-bond donors (Lipinski definition) is 2. The number of aromatic amines is 1. The molecule has 0 saturated carbocycles. The molecule has 0 radical (unpaired) electrons. The van der Waals surface area contributed by atoms with Gasteiger partial charge < -0.3 is 19.3 Å². The minimum absolute atomic E-state index is 0.0375. The molecule has 0 amide bonds. The van der Waals surface area contributed by atoms with E-state index in [1.807, 2.05) is 84.9 Å². The SMILES string of the molecule is COc1cccc(C(OC[C@H]2O[C@@H](n3cc(C)c(=O)[nH]c3=O)C[C@@H]2O)(c2ccccc2)c2ccccc2)c1. The van der Waals surface area contributed by atoms with E-state index in [-0.39, 0.29) is 13.0 Å². The Morgan fingerprint density at radius 2 is 1.61 bits per heavy atom. The number of aliphatic hydroxyl groups excluding tert-OH is 1. The Morgan fingerprint density at radius 3 is 2.24 bits per heavy atom. The van der Waals surface area contributed by atoms with Crippen LogP contribution in [0.5, 0.6) is 5.75 Å². The second kappa shape index (κ2) is 10.8. The summed E-state index contributed by atoms with van der Waals surface area (Å²) in [7, 11) is 1.62. The van der Waals surface area contributed by atoms with E-state index in [0.29, 0.717) is 11.3 Å². The van der Waals surface area contributed by atoms with E-state index in [2.05, 4.69) is 4.98 Å². The molecule has 3 aromatic carbocycles. The summed E-state index contributed by atoms with van der Waals surface area (Å²) in [4.78, 5) is 26.5. The Morgan fingerprint density at radius 1 is 0.974 bits per heavy atom. The molecule has 1 aliphatic rings. The van der Waals surface area contributed by atoms with Crippen LogP contribution in [0.15, 0.2) is 101 Å². The molecule has 0 spiro atoms. The summed E-state index contributed by atoms with van der Waals surface area (Å²) >= 11 is 0. The van der Waals surface area contributed by atoms with Gasteiger partial charge in [-0.1, -0.05) is 72.8 Å². The number of hydrogen-bond acceptors (Lipinski definition) is 6. The van der Waals surface area contributed by atoms with Crippen molar-refractivity contribution in [2.24, 2.45) is 0 Å². The summed E-state index contributed by atoms with van der Waals surface area (Å²) in [5.74, 6) is 0.687. The van der Waals surface area contributed by atoms with Crippen LogP contribution in [0.1, 0.15) is 34.9 Å². The normalized spacial score (nSPS) is 19.4. The van der Waals surface area contributed by atoms with Crippen LogP contribution in [-0.2, 0) is 15.1 Å². The first-order valence-corrected chi connectivity index (χ1v) is 12.5.